The maximum atomic E-state index is 11.6. The molecule has 1 heterocycles. The number of nitrogens with zero attached hydrogens (tertiary/aromatic N) is 1. The molecule has 16 heavy (non-hydrogen) atoms. The monoisotopic (exact) mass is 226 g/mol. The van der Waals surface area contributed by atoms with Crippen LogP contribution in [0.3, 0.4) is 0 Å². The highest BCUT2D eigenvalue weighted by Gasteiger charge is 2.33. The minimum atomic E-state index is -0.764. The standard InChI is InChI=1S/C11H18N2O3/c1-11(15-6-7-16-11)8-10(14)13-12-9-4-2-3-5-9/h2-8H2,1H3,(H,13,14). The van der Waals surface area contributed by atoms with Crippen LogP contribution in [0.4, 0.5) is 0 Å². The van der Waals surface area contributed by atoms with Crippen molar-refractivity contribution in [1.82, 2.24) is 5.43 Å². The first kappa shape index (κ1) is 11.5. The third-order valence-corrected chi connectivity index (χ3v) is 2.90. The summed E-state index contributed by atoms with van der Waals surface area (Å²) in [6.45, 7) is 2.89. The van der Waals surface area contributed by atoms with E-state index in [0.717, 1.165) is 18.6 Å². The maximum Gasteiger partial charge on any atom is 0.245 e. The van der Waals surface area contributed by atoms with Gasteiger partial charge in [0.2, 0.25) is 5.91 Å². The van der Waals surface area contributed by atoms with Gasteiger partial charge in [-0.15, -0.1) is 0 Å². The van der Waals surface area contributed by atoms with Gasteiger partial charge in [-0.2, -0.15) is 5.10 Å². The molecule has 0 aromatic rings. The number of amides is 1. The third-order valence-electron chi connectivity index (χ3n) is 2.90. The molecule has 1 aliphatic heterocycles. The number of ether oxygens (including phenoxy) is 2. The summed E-state index contributed by atoms with van der Waals surface area (Å²) in [6.07, 6.45) is 4.57. The van der Waals surface area contributed by atoms with Crippen molar-refractivity contribution >= 4 is 11.6 Å². The lowest BCUT2D eigenvalue weighted by Crippen LogP contribution is -2.33. The number of nitrogens with one attached hydrogen (secondary N) is 1. The molecule has 0 aromatic heterocycles. The molecule has 0 atom stereocenters. The number of rotatable bonds is 3. The summed E-state index contributed by atoms with van der Waals surface area (Å²) in [5.74, 6) is -0.913. The van der Waals surface area contributed by atoms with Gasteiger partial charge < -0.3 is 9.47 Å². The lowest BCUT2D eigenvalue weighted by molar-refractivity contribution is -0.159. The summed E-state index contributed by atoms with van der Waals surface area (Å²) in [4.78, 5) is 11.6. The molecule has 5 heteroatoms. The van der Waals surface area contributed by atoms with Crippen molar-refractivity contribution in [1.29, 1.82) is 0 Å². The molecule has 90 valence electrons. The summed E-state index contributed by atoms with van der Waals surface area (Å²) in [5, 5.41) is 4.10. The largest absolute Gasteiger partial charge is 0.347 e. The fourth-order valence-electron chi connectivity index (χ4n) is 2.03. The minimum Gasteiger partial charge on any atom is -0.347 e. The molecule has 5 nitrogen and oxygen atoms in total. The molecule has 0 aromatic carbocycles. The van der Waals surface area contributed by atoms with E-state index in [1.54, 1.807) is 6.92 Å². The zero-order valence-corrected chi connectivity index (χ0v) is 9.62. The molecule has 0 spiro atoms. The molecule has 1 saturated heterocycles. The molecule has 1 amide bonds. The highest BCUT2D eigenvalue weighted by atomic mass is 16.7. The van der Waals surface area contributed by atoms with Gasteiger partial charge in [0, 0.05) is 5.71 Å². The quantitative estimate of drug-likeness (QED) is 0.735. The predicted molar refractivity (Wildman–Crippen MR) is 59.0 cm³/mol. The van der Waals surface area contributed by atoms with E-state index in [9.17, 15) is 4.79 Å². The van der Waals surface area contributed by atoms with E-state index < -0.39 is 5.79 Å². The van der Waals surface area contributed by atoms with Crippen LogP contribution in [-0.2, 0) is 14.3 Å². The van der Waals surface area contributed by atoms with Crippen LogP contribution in [0, 0.1) is 0 Å². The summed E-state index contributed by atoms with van der Waals surface area (Å²) in [6, 6.07) is 0. The van der Waals surface area contributed by atoms with Crippen LogP contribution in [0.2, 0.25) is 0 Å². The van der Waals surface area contributed by atoms with Crippen LogP contribution in [0.15, 0.2) is 5.10 Å². The third kappa shape index (κ3) is 3.02. The van der Waals surface area contributed by atoms with E-state index in [2.05, 4.69) is 10.5 Å². The fourth-order valence-corrected chi connectivity index (χ4v) is 2.03. The van der Waals surface area contributed by atoms with Crippen molar-refractivity contribution in [3.8, 4) is 0 Å². The Morgan fingerprint density at radius 3 is 2.62 bits per heavy atom. The van der Waals surface area contributed by atoms with E-state index in [-0.39, 0.29) is 12.3 Å². The Hall–Kier alpha value is -0.940. The van der Waals surface area contributed by atoms with Crippen LogP contribution in [0.1, 0.15) is 39.0 Å². The van der Waals surface area contributed by atoms with Crippen molar-refractivity contribution < 1.29 is 14.3 Å². The molecular formula is C11H18N2O3. The van der Waals surface area contributed by atoms with Gasteiger partial charge >= 0.3 is 0 Å². The van der Waals surface area contributed by atoms with E-state index in [1.807, 2.05) is 0 Å². The van der Waals surface area contributed by atoms with E-state index >= 15 is 0 Å². The number of carbonyl (C=O) groups excluding carboxylic acids is 1. The Labute approximate surface area is 95.2 Å². The molecule has 1 aliphatic carbocycles. The fraction of sp³-hybridized carbons (Fsp3) is 0.818. The van der Waals surface area contributed by atoms with Crippen LogP contribution in [-0.4, -0.2) is 30.6 Å². The highest BCUT2D eigenvalue weighted by molar-refractivity contribution is 5.87. The Morgan fingerprint density at radius 2 is 2.00 bits per heavy atom. The summed E-state index contributed by atoms with van der Waals surface area (Å²) in [5.41, 5.74) is 3.66. The second-order valence-corrected chi connectivity index (χ2v) is 4.43. The van der Waals surface area contributed by atoms with E-state index in [0.29, 0.717) is 13.2 Å². The van der Waals surface area contributed by atoms with Gasteiger partial charge in [-0.25, -0.2) is 5.43 Å². The molecular weight excluding hydrogens is 208 g/mol. The normalized spacial score (nSPS) is 23.4. The van der Waals surface area contributed by atoms with Crippen LogP contribution < -0.4 is 5.43 Å². The Morgan fingerprint density at radius 1 is 1.38 bits per heavy atom. The highest BCUT2D eigenvalue weighted by Crippen LogP contribution is 2.22. The molecule has 0 bridgehead atoms. The van der Waals surface area contributed by atoms with Gasteiger partial charge in [0.25, 0.3) is 0 Å². The smallest absolute Gasteiger partial charge is 0.245 e. The number of hydrogen-bond acceptors (Lipinski definition) is 4. The lowest BCUT2D eigenvalue weighted by Gasteiger charge is -2.20. The van der Waals surface area contributed by atoms with Crippen molar-refractivity contribution in [3.05, 3.63) is 0 Å². The van der Waals surface area contributed by atoms with Gasteiger partial charge in [-0.05, 0) is 32.6 Å². The zero-order valence-electron chi connectivity index (χ0n) is 9.62. The summed E-state index contributed by atoms with van der Waals surface area (Å²) >= 11 is 0. The Balaban J connectivity index is 1.77. The molecule has 2 fully saturated rings. The zero-order chi connectivity index (χ0) is 11.4. The molecule has 1 N–H and O–H groups in total. The van der Waals surface area contributed by atoms with Crippen molar-refractivity contribution in [2.45, 2.75) is 44.8 Å². The summed E-state index contributed by atoms with van der Waals surface area (Å²) in [7, 11) is 0. The Bertz CT molecular complexity index is 288. The molecule has 2 aliphatic rings. The number of hydrazone groups is 1. The molecule has 2 rings (SSSR count). The topological polar surface area (TPSA) is 59.9 Å². The van der Waals surface area contributed by atoms with E-state index in [1.165, 1.54) is 12.8 Å². The van der Waals surface area contributed by atoms with Crippen molar-refractivity contribution in [3.63, 3.8) is 0 Å². The van der Waals surface area contributed by atoms with Crippen molar-refractivity contribution in [2.24, 2.45) is 5.10 Å². The Kier molecular flexibility index (Phi) is 3.56. The van der Waals surface area contributed by atoms with Gasteiger partial charge in [-0.1, -0.05) is 0 Å². The first-order chi connectivity index (χ1) is 7.68. The van der Waals surface area contributed by atoms with Gasteiger partial charge in [0.05, 0.1) is 19.6 Å². The molecule has 0 radical (unpaired) electrons. The molecule has 1 saturated carbocycles. The first-order valence-corrected chi connectivity index (χ1v) is 5.80. The van der Waals surface area contributed by atoms with Crippen LogP contribution >= 0.6 is 0 Å². The number of hydrogen-bond donors (Lipinski definition) is 1. The average molecular weight is 226 g/mol. The van der Waals surface area contributed by atoms with Crippen molar-refractivity contribution in [2.75, 3.05) is 13.2 Å². The molecule has 0 unspecified atom stereocenters. The first-order valence-electron chi connectivity index (χ1n) is 5.80. The average Bonchev–Trinajstić information content (AvgIpc) is 2.86. The van der Waals surface area contributed by atoms with Crippen LogP contribution in [0.5, 0.6) is 0 Å². The van der Waals surface area contributed by atoms with E-state index in [4.69, 9.17) is 9.47 Å². The second kappa shape index (κ2) is 4.93. The lowest BCUT2D eigenvalue weighted by atomic mass is 10.2. The second-order valence-electron chi connectivity index (χ2n) is 4.43. The van der Waals surface area contributed by atoms with Crippen LogP contribution in [0.25, 0.3) is 0 Å². The predicted octanol–water partition coefficient (Wildman–Crippen LogP) is 1.19. The van der Waals surface area contributed by atoms with Gasteiger partial charge in [-0.3, -0.25) is 4.79 Å². The van der Waals surface area contributed by atoms with Gasteiger partial charge in [0.15, 0.2) is 5.79 Å². The SMILES string of the molecule is CC1(CC(=O)NN=C2CCCC2)OCCO1. The number of carbonyl (C=O) groups is 1. The maximum absolute atomic E-state index is 11.6. The minimum absolute atomic E-state index is 0.149. The summed E-state index contributed by atoms with van der Waals surface area (Å²) < 4.78 is 10.7. The van der Waals surface area contributed by atoms with Gasteiger partial charge in [0.1, 0.15) is 0 Å².